The van der Waals surface area contributed by atoms with E-state index >= 15 is 0 Å². The number of allylic oxidation sites excluding steroid dienone is 1. The molecule has 0 bridgehead atoms. The molecule has 4 aromatic carbocycles. The third-order valence-electron chi connectivity index (χ3n) is 6.00. The van der Waals surface area contributed by atoms with Crippen LogP contribution in [-0.4, -0.2) is 37.6 Å². The van der Waals surface area contributed by atoms with Crippen molar-refractivity contribution in [1.82, 2.24) is 4.31 Å². The molecule has 1 aliphatic heterocycles. The lowest BCUT2D eigenvalue weighted by atomic mass is 10.0. The van der Waals surface area contributed by atoms with Gasteiger partial charge in [-0.2, -0.15) is 0 Å². The zero-order chi connectivity index (χ0) is 26.7. The number of rotatable bonds is 8. The standard InChI is InChI=1S/C30H23NO6S/c1-2-18-31-28(29(33)22-11-4-3-5-12-22)30(25-14-8-9-15-26(25)38(31,34)35)37-27(32)20-36-24-17-16-21-10-6-7-13-23(21)19-24/h2-17,19H,1,18,20H2. The van der Waals surface area contributed by atoms with Crippen LogP contribution in [0.3, 0.4) is 0 Å². The molecule has 7 nitrogen and oxygen atoms in total. The maximum absolute atomic E-state index is 13.7. The number of esters is 1. The quantitative estimate of drug-likeness (QED) is 0.178. The Labute approximate surface area is 220 Å². The van der Waals surface area contributed by atoms with E-state index in [0.717, 1.165) is 15.1 Å². The molecule has 1 heterocycles. The molecule has 1 aliphatic rings. The SMILES string of the molecule is C=CCN1C(C(=O)c2ccccc2)=C(OC(=O)COc2ccc3ccccc3c2)c2ccccc2S1(=O)=O. The first kappa shape index (κ1) is 25.0. The number of ketones is 1. The minimum atomic E-state index is -4.13. The minimum Gasteiger partial charge on any atom is -0.482 e. The summed E-state index contributed by atoms with van der Waals surface area (Å²) >= 11 is 0. The van der Waals surface area contributed by atoms with Crippen LogP contribution in [0.1, 0.15) is 15.9 Å². The highest BCUT2D eigenvalue weighted by Crippen LogP contribution is 2.38. The number of benzene rings is 4. The Balaban J connectivity index is 1.53. The number of carbonyl (C=O) groups is 2. The van der Waals surface area contributed by atoms with Crippen molar-refractivity contribution in [3.05, 3.63) is 127 Å². The zero-order valence-electron chi connectivity index (χ0n) is 20.2. The van der Waals surface area contributed by atoms with Gasteiger partial charge < -0.3 is 9.47 Å². The molecule has 38 heavy (non-hydrogen) atoms. The Morgan fingerprint density at radius 3 is 2.29 bits per heavy atom. The predicted octanol–water partition coefficient (Wildman–Crippen LogP) is 5.20. The van der Waals surface area contributed by atoms with Crippen LogP contribution in [0.5, 0.6) is 5.75 Å². The Hall–Kier alpha value is -4.69. The first-order valence-corrected chi connectivity index (χ1v) is 13.2. The van der Waals surface area contributed by atoms with Gasteiger partial charge in [0.2, 0.25) is 5.78 Å². The molecule has 0 aliphatic carbocycles. The molecule has 0 unspecified atom stereocenters. The van der Waals surface area contributed by atoms with Crippen LogP contribution in [-0.2, 0) is 19.6 Å². The van der Waals surface area contributed by atoms with Crippen molar-refractivity contribution in [1.29, 1.82) is 0 Å². The molecule has 0 amide bonds. The monoisotopic (exact) mass is 525 g/mol. The molecule has 0 N–H and O–H groups in total. The second-order valence-electron chi connectivity index (χ2n) is 8.47. The highest BCUT2D eigenvalue weighted by atomic mass is 32.2. The Kier molecular flexibility index (Phi) is 6.81. The summed E-state index contributed by atoms with van der Waals surface area (Å²) in [5.41, 5.74) is 0.0899. The number of nitrogens with zero attached hydrogens (tertiary/aromatic N) is 1. The molecule has 8 heteroatoms. The highest BCUT2D eigenvalue weighted by Gasteiger charge is 2.41. The molecular formula is C30H23NO6S. The number of sulfonamides is 1. The van der Waals surface area contributed by atoms with Gasteiger partial charge in [0.1, 0.15) is 11.4 Å². The number of carbonyl (C=O) groups excluding carboxylic acids is 2. The van der Waals surface area contributed by atoms with E-state index in [-0.39, 0.29) is 34.0 Å². The smallest absolute Gasteiger partial charge is 0.349 e. The Morgan fingerprint density at radius 1 is 0.842 bits per heavy atom. The number of Topliss-reactive ketones (excluding diaryl/α,β-unsaturated/α-hetero) is 1. The van der Waals surface area contributed by atoms with Gasteiger partial charge in [-0.3, -0.25) is 9.10 Å². The maximum Gasteiger partial charge on any atom is 0.349 e. The average Bonchev–Trinajstić information content (AvgIpc) is 2.95. The summed E-state index contributed by atoms with van der Waals surface area (Å²) < 4.78 is 39.3. The molecule has 0 saturated heterocycles. The van der Waals surface area contributed by atoms with Crippen LogP contribution in [0.2, 0.25) is 0 Å². The van der Waals surface area contributed by atoms with E-state index < -0.39 is 28.4 Å². The van der Waals surface area contributed by atoms with Gasteiger partial charge in [-0.05, 0) is 35.0 Å². The molecule has 0 fully saturated rings. The fourth-order valence-corrected chi connectivity index (χ4v) is 5.89. The van der Waals surface area contributed by atoms with Crippen molar-refractivity contribution in [2.24, 2.45) is 0 Å². The van der Waals surface area contributed by atoms with Gasteiger partial charge >= 0.3 is 5.97 Å². The van der Waals surface area contributed by atoms with Gasteiger partial charge in [0.05, 0.1) is 11.4 Å². The summed E-state index contributed by atoms with van der Waals surface area (Å²) in [6.07, 6.45) is 1.37. The van der Waals surface area contributed by atoms with Crippen LogP contribution >= 0.6 is 0 Å². The largest absolute Gasteiger partial charge is 0.482 e. The average molecular weight is 526 g/mol. The van der Waals surface area contributed by atoms with Gasteiger partial charge in [-0.25, -0.2) is 13.2 Å². The molecule has 0 spiro atoms. The summed E-state index contributed by atoms with van der Waals surface area (Å²) in [6, 6.07) is 27.5. The second-order valence-corrected chi connectivity index (χ2v) is 10.3. The molecule has 0 saturated carbocycles. The molecule has 5 rings (SSSR count). The van der Waals surface area contributed by atoms with E-state index in [0.29, 0.717) is 5.75 Å². The Morgan fingerprint density at radius 2 is 1.53 bits per heavy atom. The third kappa shape index (κ3) is 4.69. The number of hydrogen-bond donors (Lipinski definition) is 0. The van der Waals surface area contributed by atoms with Crippen molar-refractivity contribution in [2.75, 3.05) is 13.2 Å². The lowest BCUT2D eigenvalue weighted by Gasteiger charge is -2.32. The lowest BCUT2D eigenvalue weighted by Crippen LogP contribution is -2.39. The van der Waals surface area contributed by atoms with Crippen molar-refractivity contribution in [3.8, 4) is 5.75 Å². The predicted molar refractivity (Wildman–Crippen MR) is 144 cm³/mol. The summed E-state index contributed by atoms with van der Waals surface area (Å²) in [6.45, 7) is 3.00. The lowest BCUT2D eigenvalue weighted by molar-refractivity contribution is -0.139. The number of fused-ring (bicyclic) bond motifs is 2. The molecule has 4 aromatic rings. The van der Waals surface area contributed by atoms with E-state index in [9.17, 15) is 18.0 Å². The molecule has 0 radical (unpaired) electrons. The van der Waals surface area contributed by atoms with E-state index in [1.807, 2.05) is 30.3 Å². The van der Waals surface area contributed by atoms with Crippen LogP contribution in [0, 0.1) is 0 Å². The van der Waals surface area contributed by atoms with Crippen molar-refractivity contribution in [2.45, 2.75) is 4.90 Å². The van der Waals surface area contributed by atoms with Crippen LogP contribution in [0.4, 0.5) is 0 Å². The first-order chi connectivity index (χ1) is 18.4. The zero-order valence-corrected chi connectivity index (χ0v) is 21.1. The van der Waals surface area contributed by atoms with Crippen LogP contribution < -0.4 is 4.74 Å². The summed E-state index contributed by atoms with van der Waals surface area (Å²) in [5.74, 6) is -1.09. The fraction of sp³-hybridized carbons (Fsp3) is 0.0667. The van der Waals surface area contributed by atoms with Gasteiger partial charge in [0.15, 0.2) is 12.4 Å². The molecule has 0 atom stereocenters. The summed E-state index contributed by atoms with van der Waals surface area (Å²) in [7, 11) is -4.13. The van der Waals surface area contributed by atoms with Gasteiger partial charge in [-0.1, -0.05) is 78.9 Å². The Bertz CT molecular complexity index is 1690. The van der Waals surface area contributed by atoms with Gasteiger partial charge in [0, 0.05) is 11.1 Å². The molecule has 190 valence electrons. The van der Waals surface area contributed by atoms with E-state index in [4.69, 9.17) is 9.47 Å². The van der Waals surface area contributed by atoms with Crippen molar-refractivity contribution < 1.29 is 27.5 Å². The highest BCUT2D eigenvalue weighted by molar-refractivity contribution is 7.89. The topological polar surface area (TPSA) is 90.0 Å². The maximum atomic E-state index is 13.7. The normalized spacial score (nSPS) is 14.1. The van der Waals surface area contributed by atoms with Crippen molar-refractivity contribution >= 4 is 38.3 Å². The van der Waals surface area contributed by atoms with E-state index in [2.05, 4.69) is 6.58 Å². The minimum absolute atomic E-state index is 0.0790. The first-order valence-electron chi connectivity index (χ1n) is 11.8. The number of ether oxygens (including phenoxy) is 2. The second kappa shape index (κ2) is 10.4. The van der Waals surface area contributed by atoms with Gasteiger partial charge in [-0.15, -0.1) is 6.58 Å². The van der Waals surface area contributed by atoms with Crippen LogP contribution in [0.25, 0.3) is 16.5 Å². The summed E-state index contributed by atoms with van der Waals surface area (Å²) in [5, 5.41) is 1.97. The van der Waals surface area contributed by atoms with E-state index in [1.165, 1.54) is 18.2 Å². The summed E-state index contributed by atoms with van der Waals surface area (Å²) in [4.78, 5) is 26.6. The fourth-order valence-electron chi connectivity index (χ4n) is 4.25. The third-order valence-corrected chi connectivity index (χ3v) is 7.83. The molecular weight excluding hydrogens is 502 g/mol. The van der Waals surface area contributed by atoms with Gasteiger partial charge in [0.25, 0.3) is 10.0 Å². The van der Waals surface area contributed by atoms with Crippen molar-refractivity contribution in [3.63, 3.8) is 0 Å². The molecule has 0 aromatic heterocycles. The van der Waals surface area contributed by atoms with Crippen LogP contribution in [0.15, 0.2) is 120 Å². The van der Waals surface area contributed by atoms with E-state index in [1.54, 1.807) is 54.6 Å². The number of hydrogen-bond acceptors (Lipinski definition) is 6.